The van der Waals surface area contributed by atoms with Crippen molar-refractivity contribution in [3.63, 3.8) is 0 Å². The minimum absolute atomic E-state index is 0.193. The summed E-state index contributed by atoms with van der Waals surface area (Å²) in [5.74, 6) is 0.659. The van der Waals surface area contributed by atoms with Gasteiger partial charge in [-0.15, -0.1) is 10.2 Å². The molecule has 0 bridgehead atoms. The Morgan fingerprint density at radius 3 is 2.71 bits per heavy atom. The first-order valence-electron chi connectivity index (χ1n) is 4.17. The van der Waals surface area contributed by atoms with E-state index in [4.69, 9.17) is 5.11 Å². The van der Waals surface area contributed by atoms with Crippen molar-refractivity contribution >= 4 is 28.4 Å². The highest BCUT2D eigenvalue weighted by Gasteiger charge is 2.43. The molecule has 1 saturated heterocycles. The highest BCUT2D eigenvalue weighted by atomic mass is 127. The fourth-order valence-electron chi connectivity index (χ4n) is 1.38. The van der Waals surface area contributed by atoms with Crippen LogP contribution >= 0.6 is 22.6 Å². The van der Waals surface area contributed by atoms with E-state index in [1.54, 1.807) is 11.0 Å². The Morgan fingerprint density at radius 1 is 1.50 bits per heavy atom. The summed E-state index contributed by atoms with van der Waals surface area (Å²) in [4.78, 5) is 1.75. The van der Waals surface area contributed by atoms with E-state index < -0.39 is 12.3 Å². The van der Waals surface area contributed by atoms with E-state index in [0.717, 1.165) is 3.70 Å². The smallest absolute Gasteiger partial charge is 0.168 e. The second-order valence-electron chi connectivity index (χ2n) is 3.38. The summed E-state index contributed by atoms with van der Waals surface area (Å²) in [7, 11) is 0. The van der Waals surface area contributed by atoms with Crippen LogP contribution in [0.2, 0.25) is 0 Å². The van der Waals surface area contributed by atoms with Crippen molar-refractivity contribution in [1.82, 2.24) is 10.2 Å². The van der Waals surface area contributed by atoms with E-state index in [-0.39, 0.29) is 13.1 Å². The molecule has 0 spiro atoms. The summed E-state index contributed by atoms with van der Waals surface area (Å²) in [6.07, 6.45) is 0. The van der Waals surface area contributed by atoms with Crippen LogP contribution in [-0.2, 0) is 0 Å². The van der Waals surface area contributed by atoms with Crippen LogP contribution in [0.5, 0.6) is 0 Å². The molecular formula is C8H9FIN3O. The zero-order valence-corrected chi connectivity index (χ0v) is 9.48. The summed E-state index contributed by atoms with van der Waals surface area (Å²) in [5, 5.41) is 16.5. The third-order valence-electron chi connectivity index (χ3n) is 2.17. The third-order valence-corrected chi connectivity index (χ3v) is 2.75. The molecule has 0 atom stereocenters. The maximum absolute atomic E-state index is 13.3. The van der Waals surface area contributed by atoms with E-state index >= 15 is 0 Å². The number of anilines is 1. The van der Waals surface area contributed by atoms with Gasteiger partial charge in [0.1, 0.15) is 3.70 Å². The molecule has 0 aliphatic carbocycles. The molecule has 0 amide bonds. The van der Waals surface area contributed by atoms with Gasteiger partial charge in [0.05, 0.1) is 19.7 Å². The highest BCUT2D eigenvalue weighted by Crippen LogP contribution is 2.28. The van der Waals surface area contributed by atoms with E-state index in [0.29, 0.717) is 5.82 Å². The van der Waals surface area contributed by atoms with Gasteiger partial charge in [-0.2, -0.15) is 0 Å². The number of aliphatic hydroxyl groups excluding tert-OH is 1. The van der Waals surface area contributed by atoms with E-state index in [9.17, 15) is 4.39 Å². The van der Waals surface area contributed by atoms with Gasteiger partial charge in [0.2, 0.25) is 0 Å². The zero-order chi connectivity index (χ0) is 10.2. The fraction of sp³-hybridized carbons (Fsp3) is 0.500. The first-order chi connectivity index (χ1) is 6.63. The average Bonchev–Trinajstić information content (AvgIpc) is 2.15. The molecule has 1 aromatic rings. The van der Waals surface area contributed by atoms with Gasteiger partial charge >= 0.3 is 0 Å². The van der Waals surface area contributed by atoms with Gasteiger partial charge < -0.3 is 10.0 Å². The molecule has 0 radical (unpaired) electrons. The van der Waals surface area contributed by atoms with Crippen LogP contribution in [-0.4, -0.2) is 40.7 Å². The molecule has 0 unspecified atom stereocenters. The molecule has 76 valence electrons. The Kier molecular flexibility index (Phi) is 2.56. The standard InChI is InChI=1S/C8H9FIN3O/c9-8(5-14)3-13(4-8)7-2-1-6(10)11-12-7/h1-2,14H,3-5H2. The largest absolute Gasteiger partial charge is 0.393 e. The Labute approximate surface area is 94.3 Å². The highest BCUT2D eigenvalue weighted by molar-refractivity contribution is 14.1. The van der Waals surface area contributed by atoms with Crippen molar-refractivity contribution in [3.05, 3.63) is 15.8 Å². The van der Waals surface area contributed by atoms with Crippen molar-refractivity contribution in [2.75, 3.05) is 24.6 Å². The quantitative estimate of drug-likeness (QED) is 0.813. The lowest BCUT2D eigenvalue weighted by molar-refractivity contribution is 0.0439. The molecule has 6 heteroatoms. The Bertz CT molecular complexity index is 326. The van der Waals surface area contributed by atoms with Crippen molar-refractivity contribution in [3.8, 4) is 0 Å². The van der Waals surface area contributed by atoms with Crippen LogP contribution in [0.4, 0.5) is 10.2 Å². The molecule has 1 aromatic heterocycles. The van der Waals surface area contributed by atoms with Gasteiger partial charge in [0.15, 0.2) is 11.5 Å². The summed E-state index contributed by atoms with van der Waals surface area (Å²) in [6, 6.07) is 3.62. The van der Waals surface area contributed by atoms with E-state index in [1.807, 2.05) is 6.07 Å². The normalized spacial score (nSPS) is 19.2. The Balaban J connectivity index is 2.03. The van der Waals surface area contributed by atoms with Crippen LogP contribution in [0, 0.1) is 3.70 Å². The molecule has 4 nitrogen and oxygen atoms in total. The minimum Gasteiger partial charge on any atom is -0.393 e. The number of halogens is 2. The molecule has 0 saturated carbocycles. The first kappa shape index (κ1) is 10.0. The van der Waals surface area contributed by atoms with Crippen molar-refractivity contribution < 1.29 is 9.50 Å². The minimum atomic E-state index is -1.45. The second kappa shape index (κ2) is 3.58. The average molecular weight is 309 g/mol. The summed E-state index contributed by atoms with van der Waals surface area (Å²) in [6.45, 7) is -0.0428. The molecule has 1 fully saturated rings. The topological polar surface area (TPSA) is 49.2 Å². The molecule has 2 rings (SSSR count). The maximum Gasteiger partial charge on any atom is 0.168 e. The molecule has 2 heterocycles. The second-order valence-corrected chi connectivity index (χ2v) is 4.48. The maximum atomic E-state index is 13.3. The Hall–Kier alpha value is -0.500. The van der Waals surface area contributed by atoms with Gasteiger partial charge in [-0.3, -0.25) is 0 Å². The molecular weight excluding hydrogens is 300 g/mol. The van der Waals surface area contributed by atoms with Gasteiger partial charge in [0, 0.05) is 0 Å². The van der Waals surface area contributed by atoms with Crippen LogP contribution in [0.3, 0.4) is 0 Å². The van der Waals surface area contributed by atoms with Crippen molar-refractivity contribution in [2.45, 2.75) is 5.67 Å². The Morgan fingerprint density at radius 2 is 2.21 bits per heavy atom. The number of rotatable bonds is 2. The van der Waals surface area contributed by atoms with Gasteiger partial charge in [-0.25, -0.2) is 4.39 Å². The molecule has 1 aliphatic rings. The summed E-state index contributed by atoms with van der Waals surface area (Å²) < 4.78 is 14.1. The lowest BCUT2D eigenvalue weighted by Gasteiger charge is -2.43. The van der Waals surface area contributed by atoms with Gasteiger partial charge in [-0.1, -0.05) is 0 Å². The van der Waals surface area contributed by atoms with E-state index in [1.165, 1.54) is 0 Å². The first-order valence-corrected chi connectivity index (χ1v) is 5.25. The zero-order valence-electron chi connectivity index (χ0n) is 7.32. The predicted molar refractivity (Wildman–Crippen MR) is 57.9 cm³/mol. The summed E-state index contributed by atoms with van der Waals surface area (Å²) >= 11 is 2.06. The number of alkyl halides is 1. The van der Waals surface area contributed by atoms with Crippen LogP contribution in [0.25, 0.3) is 0 Å². The molecule has 0 aromatic carbocycles. The number of hydrogen-bond acceptors (Lipinski definition) is 4. The number of hydrogen-bond donors (Lipinski definition) is 1. The van der Waals surface area contributed by atoms with Gasteiger partial charge in [0.25, 0.3) is 0 Å². The fourth-order valence-corrected chi connectivity index (χ4v) is 1.67. The van der Waals surface area contributed by atoms with Crippen LogP contribution < -0.4 is 4.90 Å². The number of aromatic nitrogens is 2. The predicted octanol–water partition coefficient (Wildman–Crippen LogP) is 0.602. The lowest BCUT2D eigenvalue weighted by atomic mass is 9.98. The van der Waals surface area contributed by atoms with Crippen molar-refractivity contribution in [2.24, 2.45) is 0 Å². The molecule has 1 aliphatic heterocycles. The lowest BCUT2D eigenvalue weighted by Crippen LogP contribution is -2.61. The summed E-state index contributed by atoms with van der Waals surface area (Å²) in [5.41, 5.74) is -1.45. The number of nitrogens with zero attached hydrogens (tertiary/aromatic N) is 3. The molecule has 1 N–H and O–H groups in total. The molecule has 14 heavy (non-hydrogen) atoms. The van der Waals surface area contributed by atoms with Crippen LogP contribution in [0.1, 0.15) is 0 Å². The van der Waals surface area contributed by atoms with Crippen molar-refractivity contribution in [1.29, 1.82) is 0 Å². The monoisotopic (exact) mass is 309 g/mol. The van der Waals surface area contributed by atoms with Gasteiger partial charge in [-0.05, 0) is 34.7 Å². The number of aliphatic hydroxyl groups is 1. The third kappa shape index (κ3) is 1.81. The SMILES string of the molecule is OCC1(F)CN(c2ccc(I)nn2)C1. The van der Waals surface area contributed by atoms with E-state index in [2.05, 4.69) is 32.8 Å². The van der Waals surface area contributed by atoms with Crippen LogP contribution in [0.15, 0.2) is 12.1 Å².